The molecule has 13 nitrogen and oxygen atoms in total. The summed E-state index contributed by atoms with van der Waals surface area (Å²) in [5, 5.41) is 42.5. The maximum absolute atomic E-state index is 11.5. The summed E-state index contributed by atoms with van der Waals surface area (Å²) in [4.78, 5) is 20.4. The molecule has 0 saturated heterocycles. The molecule has 2 heterocycles. The number of nitro benzene ring substituents is 1. The highest BCUT2D eigenvalue weighted by atomic mass is 16.8. The van der Waals surface area contributed by atoms with E-state index >= 15 is 0 Å². The molecule has 3 aromatic rings. The molecule has 0 bridgehead atoms. The lowest BCUT2D eigenvalue weighted by molar-refractivity contribution is -0.782. The van der Waals surface area contributed by atoms with Crippen LogP contribution in [-0.2, 0) is 4.79 Å². The maximum Gasteiger partial charge on any atom is 0.355 e. The topological polar surface area (TPSA) is 178 Å². The molecule has 20 heavy (non-hydrogen) atoms. The van der Waals surface area contributed by atoms with Gasteiger partial charge in [0, 0.05) is 0 Å². The first-order chi connectivity index (χ1) is 9.56. The molecule has 0 spiro atoms. The van der Waals surface area contributed by atoms with Crippen LogP contribution in [0.1, 0.15) is 0 Å². The first kappa shape index (κ1) is 11.6. The Bertz CT molecular complexity index is 866. The van der Waals surface area contributed by atoms with Crippen LogP contribution in [-0.4, -0.2) is 21.6 Å². The van der Waals surface area contributed by atoms with Crippen molar-refractivity contribution in [1.82, 2.24) is 10.3 Å². The molecule has 102 valence electrons. The molecule has 3 rings (SSSR count). The quantitative estimate of drug-likeness (QED) is 0.264. The molecule has 0 saturated carbocycles. The Hall–Kier alpha value is -3.51. The number of amides is 1. The zero-order valence-corrected chi connectivity index (χ0v) is 9.17. The van der Waals surface area contributed by atoms with Crippen molar-refractivity contribution in [3.63, 3.8) is 0 Å². The van der Waals surface area contributed by atoms with Gasteiger partial charge in [0.15, 0.2) is 5.69 Å². The number of aromatic nitrogens is 4. The van der Waals surface area contributed by atoms with Crippen molar-refractivity contribution in [2.45, 2.75) is 0 Å². The number of nitrogens with one attached hydrogen (secondary N) is 1. The standard InChI is InChI=1S/C7H2N6O7/c14-1-8-2-5(11(15)16)3-7(13(18)19-9-3)4-6(2)12(17)20-10-4/h1H,(H,8,14). The molecule has 1 amide bonds. The number of hydrogen-bond donors (Lipinski definition) is 1. The van der Waals surface area contributed by atoms with Gasteiger partial charge in [0.25, 0.3) is 11.0 Å². The number of hydrogen-bond acceptors (Lipinski definition) is 9. The average Bonchev–Trinajstić information content (AvgIpc) is 2.94. The van der Waals surface area contributed by atoms with Gasteiger partial charge in [-0.3, -0.25) is 24.2 Å². The van der Waals surface area contributed by atoms with E-state index in [1.165, 1.54) is 0 Å². The average molecular weight is 282 g/mol. The Morgan fingerprint density at radius 1 is 1.15 bits per heavy atom. The normalized spacial score (nSPS) is 11.0. The molecule has 0 aliphatic carbocycles. The predicted molar refractivity (Wildman–Crippen MR) is 55.8 cm³/mol. The molecule has 13 heteroatoms. The van der Waals surface area contributed by atoms with Crippen molar-refractivity contribution in [3.05, 3.63) is 20.5 Å². The van der Waals surface area contributed by atoms with Crippen LogP contribution in [0.3, 0.4) is 0 Å². The second-order valence-corrected chi connectivity index (χ2v) is 3.50. The molecule has 1 aromatic carbocycles. The largest absolute Gasteiger partial charge is 0.359 e. The fourth-order valence-corrected chi connectivity index (χ4v) is 1.82. The van der Waals surface area contributed by atoms with E-state index in [1.807, 2.05) is 5.32 Å². The van der Waals surface area contributed by atoms with Gasteiger partial charge in [0.1, 0.15) is 0 Å². The van der Waals surface area contributed by atoms with Gasteiger partial charge < -0.3 is 15.7 Å². The van der Waals surface area contributed by atoms with Crippen molar-refractivity contribution >= 4 is 39.9 Å². The lowest BCUT2D eigenvalue weighted by Crippen LogP contribution is -2.26. The summed E-state index contributed by atoms with van der Waals surface area (Å²) in [6, 6.07) is 0. The second kappa shape index (κ2) is 3.74. The molecule has 0 fully saturated rings. The minimum Gasteiger partial charge on any atom is -0.359 e. The van der Waals surface area contributed by atoms with Gasteiger partial charge >= 0.3 is 16.7 Å². The summed E-state index contributed by atoms with van der Waals surface area (Å²) >= 11 is 0. The highest BCUT2D eigenvalue weighted by Gasteiger charge is 2.38. The Labute approximate surface area is 106 Å². The van der Waals surface area contributed by atoms with Crippen LogP contribution in [0.5, 0.6) is 0 Å². The number of benzene rings is 1. The van der Waals surface area contributed by atoms with Crippen molar-refractivity contribution in [3.8, 4) is 0 Å². The van der Waals surface area contributed by atoms with E-state index < -0.39 is 32.8 Å². The lowest BCUT2D eigenvalue weighted by Gasteiger charge is -1.99. The molecular weight excluding hydrogens is 280 g/mol. The van der Waals surface area contributed by atoms with Crippen LogP contribution < -0.4 is 15.1 Å². The zero-order chi connectivity index (χ0) is 14.4. The van der Waals surface area contributed by atoms with Gasteiger partial charge in [0.2, 0.25) is 6.41 Å². The Balaban J connectivity index is 2.64. The van der Waals surface area contributed by atoms with E-state index in [9.17, 15) is 25.3 Å². The smallest absolute Gasteiger partial charge is 0.355 e. The van der Waals surface area contributed by atoms with Crippen LogP contribution in [0.15, 0.2) is 9.26 Å². The summed E-state index contributed by atoms with van der Waals surface area (Å²) in [5.41, 5.74) is -3.05. The van der Waals surface area contributed by atoms with Gasteiger partial charge in [-0.15, -0.1) is 0 Å². The maximum atomic E-state index is 11.5. The highest BCUT2D eigenvalue weighted by Crippen LogP contribution is 2.37. The van der Waals surface area contributed by atoms with Gasteiger partial charge in [-0.1, -0.05) is 0 Å². The zero-order valence-electron chi connectivity index (χ0n) is 9.17. The van der Waals surface area contributed by atoms with E-state index in [1.54, 1.807) is 0 Å². The van der Waals surface area contributed by atoms with Crippen LogP contribution in [0.2, 0.25) is 0 Å². The van der Waals surface area contributed by atoms with Crippen molar-refractivity contribution in [1.29, 1.82) is 0 Å². The third-order valence-corrected chi connectivity index (χ3v) is 2.53. The number of anilines is 1. The second-order valence-electron chi connectivity index (χ2n) is 3.50. The fraction of sp³-hybridized carbons (Fsp3) is 0. The number of nitro groups is 1. The Morgan fingerprint density at radius 2 is 1.75 bits per heavy atom. The molecule has 0 atom stereocenters. The number of rotatable bonds is 3. The van der Waals surface area contributed by atoms with Crippen molar-refractivity contribution in [2.24, 2.45) is 0 Å². The first-order valence-corrected chi connectivity index (χ1v) is 4.85. The van der Waals surface area contributed by atoms with Gasteiger partial charge in [-0.25, -0.2) is 0 Å². The van der Waals surface area contributed by atoms with Crippen LogP contribution >= 0.6 is 0 Å². The molecule has 0 unspecified atom stereocenters. The summed E-state index contributed by atoms with van der Waals surface area (Å²) < 4.78 is 8.53. The summed E-state index contributed by atoms with van der Waals surface area (Å²) in [5.74, 6) is 0. The number of fused-ring (bicyclic) bond motifs is 3. The van der Waals surface area contributed by atoms with Gasteiger partial charge in [-0.2, -0.15) is 0 Å². The van der Waals surface area contributed by atoms with Crippen LogP contribution in [0.4, 0.5) is 11.4 Å². The summed E-state index contributed by atoms with van der Waals surface area (Å²) in [6.45, 7) is 0. The van der Waals surface area contributed by atoms with E-state index in [0.29, 0.717) is 0 Å². The van der Waals surface area contributed by atoms with E-state index in [-0.39, 0.29) is 21.7 Å². The SMILES string of the molecule is O=CNc1c([N+](=O)[O-])c2no[n+]([O-])c2c2no[n+]([O-])c12. The van der Waals surface area contributed by atoms with E-state index in [2.05, 4.69) is 19.6 Å². The Morgan fingerprint density at radius 3 is 2.35 bits per heavy atom. The third-order valence-electron chi connectivity index (χ3n) is 2.53. The first-order valence-electron chi connectivity index (χ1n) is 4.85. The monoisotopic (exact) mass is 282 g/mol. The Kier molecular flexibility index (Phi) is 2.16. The number of nitrogens with zero attached hydrogens (tertiary/aromatic N) is 5. The van der Waals surface area contributed by atoms with Gasteiger partial charge in [0.05, 0.1) is 15.2 Å². The van der Waals surface area contributed by atoms with Crippen LogP contribution in [0, 0.1) is 20.5 Å². The predicted octanol–water partition coefficient (Wildman–Crippen LogP) is -1.29. The molecular formula is C7H2N6O7. The fourth-order valence-electron chi connectivity index (χ4n) is 1.82. The van der Waals surface area contributed by atoms with Crippen molar-refractivity contribution < 1.29 is 28.8 Å². The van der Waals surface area contributed by atoms with Crippen LogP contribution in [0.25, 0.3) is 22.1 Å². The van der Waals surface area contributed by atoms with Crippen molar-refractivity contribution in [2.75, 3.05) is 5.32 Å². The lowest BCUT2D eigenvalue weighted by atomic mass is 10.2. The number of carbonyl (C=O) groups is 1. The number of carbonyl (C=O) groups excluding carboxylic acids is 1. The minimum absolute atomic E-state index is 0.117. The highest BCUT2D eigenvalue weighted by molar-refractivity contribution is 6.11. The van der Waals surface area contributed by atoms with Gasteiger partial charge in [-0.05, 0) is 9.81 Å². The molecule has 1 N–H and O–H groups in total. The third kappa shape index (κ3) is 1.27. The minimum atomic E-state index is -0.927. The molecule has 0 aliphatic heterocycles. The molecule has 0 aliphatic rings. The summed E-state index contributed by atoms with van der Waals surface area (Å²) in [7, 11) is 0. The van der Waals surface area contributed by atoms with E-state index in [0.717, 1.165) is 0 Å². The molecule has 2 aromatic heterocycles. The molecule has 0 radical (unpaired) electrons. The van der Waals surface area contributed by atoms with E-state index in [4.69, 9.17) is 0 Å². The summed E-state index contributed by atoms with van der Waals surface area (Å²) in [6.07, 6.45) is 0.117.